The third-order valence-corrected chi connectivity index (χ3v) is 3.75. The Bertz CT molecular complexity index is 422. The molecular formula is C12H12INO3. The van der Waals surface area contributed by atoms with Gasteiger partial charge in [0.1, 0.15) is 0 Å². The molecule has 17 heavy (non-hydrogen) atoms. The molecule has 90 valence electrons. The lowest BCUT2D eigenvalue weighted by Crippen LogP contribution is -2.38. The molecule has 1 unspecified atom stereocenters. The molecule has 0 radical (unpaired) electrons. The highest BCUT2D eigenvalue weighted by molar-refractivity contribution is 14.1. The number of carbonyl (C=O) groups is 2. The van der Waals surface area contributed by atoms with Crippen molar-refractivity contribution >= 4 is 34.4 Å². The quantitative estimate of drug-likeness (QED) is 0.474. The van der Waals surface area contributed by atoms with Crippen LogP contribution in [0.2, 0.25) is 0 Å². The third kappa shape index (κ3) is 2.21. The maximum atomic E-state index is 12.0. The first-order chi connectivity index (χ1) is 8.19. The summed E-state index contributed by atoms with van der Waals surface area (Å²) in [6.07, 6.45) is -0.113. The normalized spacial score (nSPS) is 16.2. The minimum absolute atomic E-state index is 0.113. The minimum atomic E-state index is -0.225. The Balaban J connectivity index is 2.24. The van der Waals surface area contributed by atoms with Gasteiger partial charge in [-0.05, 0) is 12.1 Å². The van der Waals surface area contributed by atoms with Gasteiger partial charge in [0, 0.05) is 11.5 Å². The zero-order valence-electron chi connectivity index (χ0n) is 9.35. The summed E-state index contributed by atoms with van der Waals surface area (Å²) in [5.41, 5.74) is 0.974. The first-order valence-electron chi connectivity index (χ1n) is 5.23. The van der Waals surface area contributed by atoms with Crippen LogP contribution in [0.15, 0.2) is 24.3 Å². The number of hydrogen-bond acceptors (Lipinski definition) is 3. The van der Waals surface area contributed by atoms with Crippen LogP contribution in [0.25, 0.3) is 0 Å². The van der Waals surface area contributed by atoms with E-state index in [9.17, 15) is 9.59 Å². The first-order valence-corrected chi connectivity index (χ1v) is 6.75. The lowest BCUT2D eigenvalue weighted by atomic mass is 10.1. The second kappa shape index (κ2) is 5.14. The largest absolute Gasteiger partial charge is 0.379 e. The molecule has 0 saturated heterocycles. The summed E-state index contributed by atoms with van der Waals surface area (Å²) in [6, 6.07) is 6.89. The molecule has 1 atom stereocenters. The molecule has 0 N–H and O–H groups in total. The van der Waals surface area contributed by atoms with Crippen molar-refractivity contribution in [3.05, 3.63) is 35.4 Å². The van der Waals surface area contributed by atoms with Crippen LogP contribution >= 0.6 is 22.6 Å². The predicted molar refractivity (Wildman–Crippen MR) is 71.5 cm³/mol. The highest BCUT2D eigenvalue weighted by atomic mass is 127. The number of halogens is 1. The number of methoxy groups -OCH3 is 1. The zero-order chi connectivity index (χ0) is 12.4. The van der Waals surface area contributed by atoms with Gasteiger partial charge in [-0.2, -0.15) is 0 Å². The van der Waals surface area contributed by atoms with Gasteiger partial charge >= 0.3 is 0 Å². The standard InChI is InChI=1S/C12H12INO3/c1-17-8(6-13)7-14-11(15)9-4-2-3-5-10(9)12(14)16/h2-5,8H,6-7H2,1H3. The van der Waals surface area contributed by atoms with Gasteiger partial charge in [-0.1, -0.05) is 34.7 Å². The molecule has 1 aromatic rings. The molecule has 0 fully saturated rings. The Morgan fingerprint density at radius 2 is 1.76 bits per heavy atom. The van der Waals surface area contributed by atoms with Crippen molar-refractivity contribution in [1.29, 1.82) is 0 Å². The van der Waals surface area contributed by atoms with Crippen molar-refractivity contribution in [2.45, 2.75) is 6.10 Å². The molecule has 0 spiro atoms. The van der Waals surface area contributed by atoms with E-state index in [1.165, 1.54) is 4.90 Å². The van der Waals surface area contributed by atoms with Crippen LogP contribution in [0.1, 0.15) is 20.7 Å². The van der Waals surface area contributed by atoms with Crippen molar-refractivity contribution in [3.63, 3.8) is 0 Å². The average Bonchev–Trinajstić information content (AvgIpc) is 2.61. The zero-order valence-corrected chi connectivity index (χ0v) is 11.5. The van der Waals surface area contributed by atoms with Crippen molar-refractivity contribution in [2.75, 3.05) is 18.1 Å². The van der Waals surface area contributed by atoms with Gasteiger partial charge < -0.3 is 4.74 Å². The molecule has 0 saturated carbocycles. The van der Waals surface area contributed by atoms with E-state index in [4.69, 9.17) is 4.74 Å². The number of hydrogen-bond donors (Lipinski definition) is 0. The van der Waals surface area contributed by atoms with Crippen LogP contribution in [0.5, 0.6) is 0 Å². The number of benzene rings is 1. The van der Waals surface area contributed by atoms with E-state index in [1.54, 1.807) is 31.4 Å². The summed E-state index contributed by atoms with van der Waals surface area (Å²) >= 11 is 2.18. The summed E-state index contributed by atoms with van der Waals surface area (Å²) in [5, 5.41) is 0. The van der Waals surface area contributed by atoms with E-state index in [0.717, 1.165) is 4.43 Å². The smallest absolute Gasteiger partial charge is 0.261 e. The van der Waals surface area contributed by atoms with E-state index in [0.29, 0.717) is 17.7 Å². The highest BCUT2D eigenvalue weighted by Crippen LogP contribution is 2.22. The van der Waals surface area contributed by atoms with Crippen molar-refractivity contribution in [1.82, 2.24) is 4.90 Å². The number of fused-ring (bicyclic) bond motifs is 1. The molecule has 0 aliphatic carbocycles. The lowest BCUT2D eigenvalue weighted by Gasteiger charge is -2.19. The first kappa shape index (κ1) is 12.5. The Morgan fingerprint density at radius 1 is 1.24 bits per heavy atom. The Kier molecular flexibility index (Phi) is 3.78. The molecule has 4 nitrogen and oxygen atoms in total. The maximum Gasteiger partial charge on any atom is 0.261 e. The van der Waals surface area contributed by atoms with E-state index in [1.807, 2.05) is 0 Å². The number of carbonyl (C=O) groups excluding carboxylic acids is 2. The second-order valence-corrected chi connectivity index (χ2v) is 4.66. The third-order valence-electron chi connectivity index (χ3n) is 2.77. The number of ether oxygens (including phenoxy) is 1. The van der Waals surface area contributed by atoms with Gasteiger partial charge in [-0.3, -0.25) is 14.5 Å². The molecule has 2 rings (SSSR count). The summed E-state index contributed by atoms with van der Waals surface area (Å²) in [7, 11) is 1.58. The number of rotatable bonds is 4. The Labute approximate surface area is 113 Å². The van der Waals surface area contributed by atoms with Crippen LogP contribution in [0.3, 0.4) is 0 Å². The second-order valence-electron chi connectivity index (χ2n) is 3.78. The minimum Gasteiger partial charge on any atom is -0.379 e. The number of nitrogens with zero attached hydrogens (tertiary/aromatic N) is 1. The van der Waals surface area contributed by atoms with Gasteiger partial charge in [-0.25, -0.2) is 0 Å². The van der Waals surface area contributed by atoms with Crippen LogP contribution in [-0.4, -0.2) is 40.9 Å². The lowest BCUT2D eigenvalue weighted by molar-refractivity contribution is 0.0498. The molecule has 1 heterocycles. The van der Waals surface area contributed by atoms with Crippen LogP contribution in [0, 0.1) is 0 Å². The van der Waals surface area contributed by atoms with E-state index in [-0.39, 0.29) is 17.9 Å². The van der Waals surface area contributed by atoms with Crippen molar-refractivity contribution < 1.29 is 14.3 Å². The molecule has 0 bridgehead atoms. The van der Waals surface area contributed by atoms with Gasteiger partial charge in [0.2, 0.25) is 0 Å². The monoisotopic (exact) mass is 345 g/mol. The van der Waals surface area contributed by atoms with E-state index >= 15 is 0 Å². The van der Waals surface area contributed by atoms with Crippen molar-refractivity contribution in [3.8, 4) is 0 Å². The summed E-state index contributed by atoms with van der Waals surface area (Å²) in [6.45, 7) is 0.311. The van der Waals surface area contributed by atoms with E-state index < -0.39 is 0 Å². The molecule has 5 heteroatoms. The Hall–Kier alpha value is -0.950. The number of amides is 2. The molecule has 0 aromatic heterocycles. The van der Waals surface area contributed by atoms with E-state index in [2.05, 4.69) is 22.6 Å². The van der Waals surface area contributed by atoms with Crippen LogP contribution in [0.4, 0.5) is 0 Å². The fraction of sp³-hybridized carbons (Fsp3) is 0.333. The predicted octanol–water partition coefficient (Wildman–Crippen LogP) is 1.73. The number of alkyl halides is 1. The fourth-order valence-electron chi connectivity index (χ4n) is 1.79. The molecular weight excluding hydrogens is 333 g/mol. The number of imide groups is 1. The van der Waals surface area contributed by atoms with Gasteiger partial charge in [0.15, 0.2) is 0 Å². The molecule has 1 aromatic carbocycles. The highest BCUT2D eigenvalue weighted by Gasteiger charge is 2.36. The summed E-state index contributed by atoms with van der Waals surface area (Å²) in [5.74, 6) is -0.449. The maximum absolute atomic E-state index is 12.0. The molecule has 1 aliphatic rings. The summed E-state index contributed by atoms with van der Waals surface area (Å²) < 4.78 is 5.94. The Morgan fingerprint density at radius 3 is 2.18 bits per heavy atom. The van der Waals surface area contributed by atoms with Gasteiger partial charge in [0.05, 0.1) is 23.8 Å². The van der Waals surface area contributed by atoms with Gasteiger partial charge in [0.25, 0.3) is 11.8 Å². The van der Waals surface area contributed by atoms with Crippen LogP contribution < -0.4 is 0 Å². The SMILES string of the molecule is COC(CI)CN1C(=O)c2ccccc2C1=O. The molecule has 1 aliphatic heterocycles. The summed E-state index contributed by atoms with van der Waals surface area (Å²) in [4.78, 5) is 25.3. The van der Waals surface area contributed by atoms with Crippen LogP contribution in [-0.2, 0) is 4.74 Å². The van der Waals surface area contributed by atoms with Gasteiger partial charge in [-0.15, -0.1) is 0 Å². The average molecular weight is 345 g/mol. The fourth-order valence-corrected chi connectivity index (χ4v) is 2.43. The molecule has 2 amide bonds. The van der Waals surface area contributed by atoms with Crippen molar-refractivity contribution in [2.24, 2.45) is 0 Å². The topological polar surface area (TPSA) is 46.6 Å².